The molecule has 1 heterocycles. The summed E-state index contributed by atoms with van der Waals surface area (Å²) in [6.07, 6.45) is -5.03. The largest absolute Gasteiger partial charge is 0.478 e. The van der Waals surface area contributed by atoms with Crippen LogP contribution in [0.4, 0.5) is 18.9 Å². The third kappa shape index (κ3) is 6.15. The number of benzene rings is 2. The van der Waals surface area contributed by atoms with E-state index >= 15 is 0 Å². The van der Waals surface area contributed by atoms with Gasteiger partial charge in [0.05, 0.1) is 11.6 Å². The number of halogens is 3. The van der Waals surface area contributed by atoms with Crippen LogP contribution in [0.25, 0.3) is 0 Å². The van der Waals surface area contributed by atoms with Crippen molar-refractivity contribution in [2.45, 2.75) is 25.7 Å². The highest BCUT2D eigenvalue weighted by Gasteiger charge is 2.42. The molecule has 192 valence electrons. The third-order valence-corrected chi connectivity index (χ3v) is 5.79. The minimum absolute atomic E-state index is 0.0445. The number of hydrogen-bond donors (Lipinski definition) is 4. The summed E-state index contributed by atoms with van der Waals surface area (Å²) in [5.41, 5.74) is -0.222. The van der Waals surface area contributed by atoms with E-state index in [1.165, 1.54) is 24.3 Å². The number of carboxylic acids is 1. The number of anilines is 1. The van der Waals surface area contributed by atoms with Gasteiger partial charge >= 0.3 is 12.1 Å². The molecule has 1 fully saturated rings. The second kappa shape index (κ2) is 10.7. The average Bonchev–Trinajstić information content (AvgIpc) is 3.26. The van der Waals surface area contributed by atoms with Gasteiger partial charge in [0.25, 0.3) is 5.91 Å². The van der Waals surface area contributed by atoms with Gasteiger partial charge in [0.15, 0.2) is 5.71 Å². The zero-order chi connectivity index (χ0) is 26.6. The smallest absolute Gasteiger partial charge is 0.433 e. The Kier molecular flexibility index (Phi) is 7.91. The number of amides is 1. The van der Waals surface area contributed by atoms with Gasteiger partial charge in [-0.15, -0.1) is 0 Å². The van der Waals surface area contributed by atoms with E-state index in [1.807, 2.05) is 43.3 Å². The van der Waals surface area contributed by atoms with Crippen LogP contribution < -0.4 is 15.5 Å². The van der Waals surface area contributed by atoms with Gasteiger partial charge in [0.1, 0.15) is 11.4 Å². The van der Waals surface area contributed by atoms with Crippen molar-refractivity contribution in [1.29, 1.82) is 5.41 Å². The number of aromatic carboxylic acids is 1. The molecule has 0 saturated carbocycles. The molecule has 2 aromatic rings. The number of carbonyl (C=O) groups is 2. The maximum absolute atomic E-state index is 13.6. The van der Waals surface area contributed by atoms with E-state index in [2.05, 4.69) is 10.6 Å². The summed E-state index contributed by atoms with van der Waals surface area (Å²) in [5.74, 6) is -2.23. The molecule has 4 N–H and O–H groups in total. The van der Waals surface area contributed by atoms with Gasteiger partial charge < -0.3 is 25.5 Å². The summed E-state index contributed by atoms with van der Waals surface area (Å²) < 4.78 is 40.9. The first-order valence-electron chi connectivity index (χ1n) is 11.2. The highest BCUT2D eigenvalue weighted by molar-refractivity contribution is 6.23. The monoisotopic (exact) mass is 503 g/mol. The summed E-state index contributed by atoms with van der Waals surface area (Å²) in [4.78, 5) is 27.7. The molecule has 1 atom stereocenters. The van der Waals surface area contributed by atoms with Crippen LogP contribution in [0.3, 0.4) is 0 Å². The van der Waals surface area contributed by atoms with Crippen LogP contribution in [0.2, 0.25) is 0 Å². The highest BCUT2D eigenvalue weighted by atomic mass is 19.4. The van der Waals surface area contributed by atoms with E-state index in [0.29, 0.717) is 18.7 Å². The predicted molar refractivity (Wildman–Crippen MR) is 130 cm³/mol. The van der Waals surface area contributed by atoms with E-state index in [4.69, 9.17) is 10.5 Å². The molecule has 0 aromatic heterocycles. The van der Waals surface area contributed by atoms with Crippen LogP contribution in [0, 0.1) is 5.41 Å². The Bertz CT molecular complexity index is 1180. The fraction of sp³-hybridized carbons (Fsp3) is 0.320. The fourth-order valence-electron chi connectivity index (χ4n) is 3.84. The van der Waals surface area contributed by atoms with Crippen LogP contribution in [0.1, 0.15) is 34.5 Å². The summed E-state index contributed by atoms with van der Waals surface area (Å²) in [6, 6.07) is 12.4. The fourth-order valence-corrected chi connectivity index (χ4v) is 3.84. The van der Waals surface area contributed by atoms with Gasteiger partial charge in [-0.2, -0.15) is 13.2 Å². The summed E-state index contributed by atoms with van der Waals surface area (Å²) >= 11 is 0. The molecule has 0 radical (unpaired) electrons. The Hall–Kier alpha value is -4.02. The van der Waals surface area contributed by atoms with Crippen LogP contribution in [-0.4, -0.2) is 61.0 Å². The summed E-state index contributed by atoms with van der Waals surface area (Å²) in [6.45, 7) is 2.49. The van der Waals surface area contributed by atoms with Crippen molar-refractivity contribution in [2.24, 2.45) is 0 Å². The normalized spacial score (nSPS) is 15.7. The molecule has 1 aliphatic rings. The molecule has 1 aliphatic heterocycles. The Morgan fingerprint density at radius 3 is 2.44 bits per heavy atom. The van der Waals surface area contributed by atoms with Crippen LogP contribution in [0.5, 0.6) is 0 Å². The number of nitrogens with one attached hydrogen (secondary N) is 3. The van der Waals surface area contributed by atoms with Gasteiger partial charge in [0, 0.05) is 39.4 Å². The lowest BCUT2D eigenvalue weighted by Crippen LogP contribution is -2.39. The average molecular weight is 504 g/mol. The number of carboxylic acid groups (broad SMARTS) is 1. The third-order valence-electron chi connectivity index (χ3n) is 5.79. The van der Waals surface area contributed by atoms with Crippen molar-refractivity contribution in [2.75, 3.05) is 32.1 Å². The summed E-state index contributed by atoms with van der Waals surface area (Å²) in [7, 11) is 3.76. The van der Waals surface area contributed by atoms with E-state index in [1.54, 1.807) is 11.8 Å². The molecule has 36 heavy (non-hydrogen) atoms. The van der Waals surface area contributed by atoms with Gasteiger partial charge in [-0.1, -0.05) is 24.3 Å². The van der Waals surface area contributed by atoms with E-state index in [9.17, 15) is 22.8 Å². The quantitative estimate of drug-likeness (QED) is 0.324. The SMILES string of the molecule is CC(NC(=O)/C(C(=N)C(F)(F)F)=C1/NCCN1Cc1cccc(N(C)C)c1)c1ccc(C(=O)O)cc1. The molecule has 0 bridgehead atoms. The molecular weight excluding hydrogens is 475 g/mol. The van der Waals surface area contributed by atoms with Crippen LogP contribution in [-0.2, 0) is 11.3 Å². The van der Waals surface area contributed by atoms with Gasteiger partial charge in [-0.3, -0.25) is 10.2 Å². The van der Waals surface area contributed by atoms with Crippen LogP contribution in [0.15, 0.2) is 59.9 Å². The second-order valence-corrected chi connectivity index (χ2v) is 8.63. The second-order valence-electron chi connectivity index (χ2n) is 8.63. The maximum atomic E-state index is 13.6. The Morgan fingerprint density at radius 1 is 1.19 bits per heavy atom. The van der Waals surface area contributed by atoms with Gasteiger partial charge in [-0.05, 0) is 42.3 Å². The van der Waals surface area contributed by atoms with Gasteiger partial charge in [0.2, 0.25) is 0 Å². The minimum Gasteiger partial charge on any atom is -0.478 e. The molecule has 0 aliphatic carbocycles. The first-order chi connectivity index (χ1) is 16.9. The number of alkyl halides is 3. The molecule has 1 unspecified atom stereocenters. The van der Waals surface area contributed by atoms with Crippen molar-refractivity contribution in [3.8, 4) is 0 Å². The molecule has 0 spiro atoms. The van der Waals surface area contributed by atoms with E-state index in [0.717, 1.165) is 11.3 Å². The molecule has 2 aromatic carbocycles. The van der Waals surface area contributed by atoms with E-state index < -0.39 is 35.4 Å². The van der Waals surface area contributed by atoms with Crippen LogP contribution >= 0.6 is 0 Å². The molecular formula is C25H28F3N5O3. The number of rotatable bonds is 8. The minimum atomic E-state index is -5.03. The topological polar surface area (TPSA) is 109 Å². The van der Waals surface area contributed by atoms with Crippen molar-refractivity contribution in [1.82, 2.24) is 15.5 Å². The first-order valence-corrected chi connectivity index (χ1v) is 11.2. The van der Waals surface area contributed by atoms with Crippen molar-refractivity contribution in [3.05, 3.63) is 76.6 Å². The predicted octanol–water partition coefficient (Wildman–Crippen LogP) is 3.53. The van der Waals surface area contributed by atoms with Gasteiger partial charge in [-0.25, -0.2) is 4.79 Å². The van der Waals surface area contributed by atoms with Crippen molar-refractivity contribution in [3.63, 3.8) is 0 Å². The van der Waals surface area contributed by atoms with Crippen molar-refractivity contribution >= 4 is 23.3 Å². The molecule has 11 heteroatoms. The highest BCUT2D eigenvalue weighted by Crippen LogP contribution is 2.27. The molecule has 1 amide bonds. The standard InChI is InChI=1S/C25H28F3N5O3/c1-15(17-7-9-18(10-8-17)24(35)36)31-23(34)20(21(29)25(26,27)28)22-30-11-12-33(22)14-16-5-4-6-19(13-16)32(2)3/h4-10,13,15,29-30H,11-12,14H2,1-3H3,(H,31,34)(H,35,36)/b22-20-,29-21?. The Labute approximate surface area is 206 Å². The number of nitrogens with zero attached hydrogens (tertiary/aromatic N) is 2. The Balaban J connectivity index is 1.92. The maximum Gasteiger partial charge on any atom is 0.433 e. The molecule has 8 nitrogen and oxygen atoms in total. The zero-order valence-electron chi connectivity index (χ0n) is 20.1. The molecule has 1 saturated heterocycles. The lowest BCUT2D eigenvalue weighted by molar-refractivity contribution is -0.118. The lowest BCUT2D eigenvalue weighted by atomic mass is 10.0. The number of carbonyl (C=O) groups excluding carboxylic acids is 1. The molecule has 3 rings (SSSR count). The Morgan fingerprint density at radius 2 is 1.86 bits per heavy atom. The number of hydrogen-bond acceptors (Lipinski definition) is 6. The lowest BCUT2D eigenvalue weighted by Gasteiger charge is -2.25. The van der Waals surface area contributed by atoms with E-state index in [-0.39, 0.29) is 17.9 Å². The zero-order valence-corrected chi connectivity index (χ0v) is 20.1. The summed E-state index contributed by atoms with van der Waals surface area (Å²) in [5, 5.41) is 22.2. The first kappa shape index (κ1) is 26.6. The van der Waals surface area contributed by atoms with Crippen molar-refractivity contribution < 1.29 is 27.9 Å².